The minimum Gasteiger partial charge on any atom is -0.316 e. The van der Waals surface area contributed by atoms with Gasteiger partial charge in [-0.15, -0.1) is 0 Å². The Morgan fingerprint density at radius 2 is 2.12 bits per heavy atom. The van der Waals surface area contributed by atoms with E-state index >= 15 is 0 Å². The number of rotatable bonds is 4. The summed E-state index contributed by atoms with van der Waals surface area (Å²) in [6.07, 6.45) is 3.74. The number of carbonyl (C=O) groups excluding carboxylic acids is 1. The van der Waals surface area contributed by atoms with Crippen molar-refractivity contribution in [2.45, 2.75) is 32.6 Å². The summed E-state index contributed by atoms with van der Waals surface area (Å²) in [4.78, 5) is 11.9. The number of hydrogen-bond donors (Lipinski definition) is 1. The van der Waals surface area contributed by atoms with Gasteiger partial charge in [0.05, 0.1) is 0 Å². The molecular weight excluding hydrogens is 210 g/mol. The third kappa shape index (κ3) is 3.97. The van der Waals surface area contributed by atoms with Crippen molar-refractivity contribution in [3.63, 3.8) is 0 Å². The maximum atomic E-state index is 11.9. The quantitative estimate of drug-likeness (QED) is 0.862. The van der Waals surface area contributed by atoms with Gasteiger partial charge < -0.3 is 5.32 Å². The van der Waals surface area contributed by atoms with Crippen LogP contribution in [0, 0.1) is 12.8 Å². The molecule has 2 heteroatoms. The first-order valence-corrected chi connectivity index (χ1v) is 6.52. The molecule has 0 radical (unpaired) electrons. The predicted octanol–water partition coefficient (Wildman–Crippen LogP) is 2.50. The summed E-state index contributed by atoms with van der Waals surface area (Å²) >= 11 is 0. The molecule has 1 N–H and O–H groups in total. The smallest absolute Gasteiger partial charge is 0.137 e. The van der Waals surface area contributed by atoms with Gasteiger partial charge in [-0.05, 0) is 44.3 Å². The van der Waals surface area contributed by atoms with Gasteiger partial charge in [0, 0.05) is 12.8 Å². The highest BCUT2D eigenvalue weighted by molar-refractivity contribution is 5.81. The van der Waals surface area contributed by atoms with E-state index in [2.05, 4.69) is 36.5 Å². The number of hydrogen-bond acceptors (Lipinski definition) is 2. The number of Topliss-reactive ketones (excluding diaryl/α,β-unsaturated/α-hetero) is 1. The zero-order valence-electron chi connectivity index (χ0n) is 10.5. The van der Waals surface area contributed by atoms with Gasteiger partial charge in [0.2, 0.25) is 0 Å². The molecule has 1 aromatic rings. The highest BCUT2D eigenvalue weighted by Gasteiger charge is 2.16. The topological polar surface area (TPSA) is 29.1 Å². The lowest BCUT2D eigenvalue weighted by Gasteiger charge is -2.21. The third-order valence-corrected chi connectivity index (χ3v) is 3.44. The van der Waals surface area contributed by atoms with E-state index in [1.54, 1.807) is 0 Å². The molecule has 1 saturated heterocycles. The molecule has 1 aromatic carbocycles. The molecular formula is C15H21NO. The van der Waals surface area contributed by atoms with Crippen LogP contribution in [0.4, 0.5) is 0 Å². The lowest BCUT2D eigenvalue weighted by molar-refractivity contribution is -0.119. The zero-order valence-corrected chi connectivity index (χ0v) is 10.5. The summed E-state index contributed by atoms with van der Waals surface area (Å²) < 4.78 is 0. The van der Waals surface area contributed by atoms with E-state index in [1.165, 1.54) is 18.4 Å². The van der Waals surface area contributed by atoms with Crippen LogP contribution in [0.5, 0.6) is 0 Å². The molecule has 0 bridgehead atoms. The van der Waals surface area contributed by atoms with Crippen LogP contribution in [0.2, 0.25) is 0 Å². The Bertz CT molecular complexity index is 363. The maximum Gasteiger partial charge on any atom is 0.137 e. The molecule has 2 rings (SSSR count). The number of nitrogens with one attached hydrogen (secondary N) is 1. The van der Waals surface area contributed by atoms with E-state index in [1.807, 2.05) is 0 Å². The fourth-order valence-electron chi connectivity index (χ4n) is 2.43. The van der Waals surface area contributed by atoms with Gasteiger partial charge in [0.1, 0.15) is 5.78 Å². The molecule has 1 unspecified atom stereocenters. The van der Waals surface area contributed by atoms with E-state index in [0.29, 0.717) is 18.1 Å². The molecule has 1 atom stereocenters. The first kappa shape index (κ1) is 12.3. The normalized spacial score (nSPS) is 20.2. The summed E-state index contributed by atoms with van der Waals surface area (Å²) in [7, 11) is 0. The molecule has 1 heterocycles. The Kier molecular flexibility index (Phi) is 4.32. The highest BCUT2D eigenvalue weighted by Crippen LogP contribution is 2.16. The fourth-order valence-corrected chi connectivity index (χ4v) is 2.43. The number of piperidine rings is 1. The van der Waals surface area contributed by atoms with Crippen LogP contribution in [0.1, 0.15) is 30.4 Å². The number of ketones is 1. The van der Waals surface area contributed by atoms with Crippen molar-refractivity contribution in [3.05, 3.63) is 35.4 Å². The second kappa shape index (κ2) is 5.97. The molecule has 1 fully saturated rings. The monoisotopic (exact) mass is 231 g/mol. The van der Waals surface area contributed by atoms with Gasteiger partial charge in [-0.2, -0.15) is 0 Å². The minimum absolute atomic E-state index is 0.377. The molecule has 17 heavy (non-hydrogen) atoms. The third-order valence-electron chi connectivity index (χ3n) is 3.44. The van der Waals surface area contributed by atoms with Crippen molar-refractivity contribution in [2.75, 3.05) is 13.1 Å². The van der Waals surface area contributed by atoms with Crippen LogP contribution in [0.3, 0.4) is 0 Å². The summed E-state index contributed by atoms with van der Waals surface area (Å²) in [5.74, 6) is 0.934. The van der Waals surface area contributed by atoms with Crippen LogP contribution < -0.4 is 5.32 Å². The van der Waals surface area contributed by atoms with Crippen LogP contribution in [0.25, 0.3) is 0 Å². The molecule has 0 aliphatic carbocycles. The van der Waals surface area contributed by atoms with E-state index in [-0.39, 0.29) is 0 Å². The van der Waals surface area contributed by atoms with Crippen molar-refractivity contribution in [1.82, 2.24) is 5.32 Å². The van der Waals surface area contributed by atoms with Gasteiger partial charge in [-0.25, -0.2) is 0 Å². The lowest BCUT2D eigenvalue weighted by Crippen LogP contribution is -2.31. The van der Waals surface area contributed by atoms with E-state index in [0.717, 1.165) is 25.1 Å². The Morgan fingerprint density at radius 1 is 1.35 bits per heavy atom. The van der Waals surface area contributed by atoms with Gasteiger partial charge in [-0.1, -0.05) is 29.8 Å². The second-order valence-electron chi connectivity index (χ2n) is 5.12. The molecule has 0 spiro atoms. The van der Waals surface area contributed by atoms with E-state index < -0.39 is 0 Å². The van der Waals surface area contributed by atoms with Crippen molar-refractivity contribution in [2.24, 2.45) is 5.92 Å². The number of carbonyl (C=O) groups is 1. The fraction of sp³-hybridized carbons (Fsp3) is 0.533. The predicted molar refractivity (Wildman–Crippen MR) is 70.1 cm³/mol. The van der Waals surface area contributed by atoms with Crippen LogP contribution in [0.15, 0.2) is 24.3 Å². The van der Waals surface area contributed by atoms with E-state index in [4.69, 9.17) is 0 Å². The summed E-state index contributed by atoms with van der Waals surface area (Å²) in [5, 5.41) is 3.36. The number of benzene rings is 1. The Labute approximate surface area is 103 Å². The van der Waals surface area contributed by atoms with Crippen molar-refractivity contribution in [3.8, 4) is 0 Å². The largest absolute Gasteiger partial charge is 0.316 e. The minimum atomic E-state index is 0.377. The van der Waals surface area contributed by atoms with Crippen LogP contribution in [-0.4, -0.2) is 18.9 Å². The Morgan fingerprint density at radius 3 is 2.76 bits per heavy atom. The zero-order chi connectivity index (χ0) is 12.1. The summed E-state index contributed by atoms with van der Waals surface area (Å²) in [5.41, 5.74) is 2.39. The summed E-state index contributed by atoms with van der Waals surface area (Å²) in [6, 6.07) is 8.27. The molecule has 1 aliphatic rings. The standard InChI is InChI=1S/C15H21NO/c1-12-4-6-13(7-5-12)9-15(17)10-14-3-2-8-16-11-14/h4-7,14,16H,2-3,8-11H2,1H3. The van der Waals surface area contributed by atoms with Crippen LogP contribution >= 0.6 is 0 Å². The first-order chi connectivity index (χ1) is 8.24. The maximum absolute atomic E-state index is 11.9. The molecule has 0 saturated carbocycles. The van der Waals surface area contributed by atoms with Crippen molar-refractivity contribution < 1.29 is 4.79 Å². The van der Waals surface area contributed by atoms with Crippen LogP contribution in [-0.2, 0) is 11.2 Å². The molecule has 92 valence electrons. The van der Waals surface area contributed by atoms with Crippen molar-refractivity contribution >= 4 is 5.78 Å². The number of aryl methyl sites for hydroxylation is 1. The Balaban J connectivity index is 1.82. The average Bonchev–Trinajstić information content (AvgIpc) is 2.33. The molecule has 2 nitrogen and oxygen atoms in total. The van der Waals surface area contributed by atoms with Gasteiger partial charge >= 0.3 is 0 Å². The SMILES string of the molecule is Cc1ccc(CC(=O)CC2CCCNC2)cc1. The van der Waals surface area contributed by atoms with E-state index in [9.17, 15) is 4.79 Å². The van der Waals surface area contributed by atoms with Crippen molar-refractivity contribution in [1.29, 1.82) is 0 Å². The van der Waals surface area contributed by atoms with Gasteiger partial charge in [0.15, 0.2) is 0 Å². The van der Waals surface area contributed by atoms with Gasteiger partial charge in [0.25, 0.3) is 0 Å². The summed E-state index contributed by atoms with van der Waals surface area (Å²) in [6.45, 7) is 4.20. The molecule has 0 aromatic heterocycles. The van der Waals surface area contributed by atoms with Gasteiger partial charge in [-0.3, -0.25) is 4.79 Å². The lowest BCUT2D eigenvalue weighted by atomic mass is 9.92. The molecule has 0 amide bonds. The second-order valence-corrected chi connectivity index (χ2v) is 5.12. The average molecular weight is 231 g/mol. The first-order valence-electron chi connectivity index (χ1n) is 6.52. The molecule has 1 aliphatic heterocycles. The highest BCUT2D eigenvalue weighted by atomic mass is 16.1. The Hall–Kier alpha value is -1.15.